The molecule has 0 unspecified atom stereocenters. The number of nitrogens with zero attached hydrogens (tertiary/aromatic N) is 3. The monoisotopic (exact) mass is 436 g/mol. The molecule has 30 heavy (non-hydrogen) atoms. The minimum atomic E-state index is -3.82. The van der Waals surface area contributed by atoms with Gasteiger partial charge in [0.25, 0.3) is 11.5 Å². The molecule has 3 rings (SSSR count). The summed E-state index contributed by atoms with van der Waals surface area (Å²) in [5.74, 6) is -0.638. The predicted octanol–water partition coefficient (Wildman–Crippen LogP) is 4.21. The molecule has 10 heteroatoms. The highest BCUT2D eigenvalue weighted by molar-refractivity contribution is 6.20. The Morgan fingerprint density at radius 3 is 2.33 bits per heavy atom. The first-order valence-electron chi connectivity index (χ1n) is 8.88. The van der Waals surface area contributed by atoms with Crippen LogP contribution in [0.5, 0.6) is 5.75 Å². The van der Waals surface area contributed by atoms with Crippen LogP contribution in [0.2, 0.25) is 0 Å². The quantitative estimate of drug-likeness (QED) is 0.608. The van der Waals surface area contributed by atoms with E-state index in [0.717, 1.165) is 0 Å². The van der Waals surface area contributed by atoms with Crippen molar-refractivity contribution in [1.29, 1.82) is 0 Å². The SMILES string of the molecule is CC(C)(C)n1cc(-n2cc(C(=O)Nc3ccc(OC(F)(F)Cl)cc3)ccc2=O)cn1. The van der Waals surface area contributed by atoms with Gasteiger partial charge >= 0.3 is 5.57 Å². The molecule has 158 valence electrons. The van der Waals surface area contributed by atoms with E-state index in [1.165, 1.54) is 47.2 Å². The number of aromatic nitrogens is 3. The van der Waals surface area contributed by atoms with E-state index in [1.54, 1.807) is 17.1 Å². The average molecular weight is 437 g/mol. The lowest BCUT2D eigenvalue weighted by molar-refractivity contribution is -0.0964. The first-order chi connectivity index (χ1) is 13.9. The summed E-state index contributed by atoms with van der Waals surface area (Å²) in [6.45, 7) is 5.92. The standard InChI is InChI=1S/C20H19ClF2N4O3/c1-19(2,3)27-12-15(10-24-27)26-11-13(4-9-17(26)28)18(29)25-14-5-7-16(8-6-14)30-20(21,22)23/h4-12H,1-3H3,(H,25,29). The molecule has 0 bridgehead atoms. The number of halogens is 3. The lowest BCUT2D eigenvalue weighted by atomic mass is 10.1. The molecule has 0 aliphatic rings. The van der Waals surface area contributed by atoms with Crippen LogP contribution < -0.4 is 15.6 Å². The van der Waals surface area contributed by atoms with Gasteiger partial charge in [-0.2, -0.15) is 5.10 Å². The molecular weight excluding hydrogens is 418 g/mol. The molecule has 0 saturated carbocycles. The van der Waals surface area contributed by atoms with Crippen LogP contribution >= 0.6 is 11.6 Å². The number of ether oxygens (including phenoxy) is 1. The van der Waals surface area contributed by atoms with E-state index in [2.05, 4.69) is 15.2 Å². The maximum absolute atomic E-state index is 12.7. The number of anilines is 1. The van der Waals surface area contributed by atoms with Gasteiger partial charge in [-0.1, -0.05) is 0 Å². The molecule has 0 radical (unpaired) electrons. The number of nitrogens with one attached hydrogen (secondary N) is 1. The van der Waals surface area contributed by atoms with Crippen LogP contribution in [-0.2, 0) is 5.54 Å². The van der Waals surface area contributed by atoms with Crippen molar-refractivity contribution in [2.24, 2.45) is 0 Å². The molecule has 7 nitrogen and oxygen atoms in total. The zero-order valence-electron chi connectivity index (χ0n) is 16.4. The topological polar surface area (TPSA) is 78.1 Å². The Morgan fingerprint density at radius 1 is 1.10 bits per heavy atom. The summed E-state index contributed by atoms with van der Waals surface area (Å²) in [5, 5.41) is 6.89. The Kier molecular flexibility index (Phi) is 5.67. The van der Waals surface area contributed by atoms with E-state index in [-0.39, 0.29) is 22.4 Å². The highest BCUT2D eigenvalue weighted by Gasteiger charge is 2.27. The number of rotatable bonds is 5. The Labute approximate surface area is 175 Å². The molecule has 0 fully saturated rings. The van der Waals surface area contributed by atoms with Crippen LogP contribution in [-0.4, -0.2) is 25.8 Å². The average Bonchev–Trinajstić information content (AvgIpc) is 3.13. The van der Waals surface area contributed by atoms with Gasteiger partial charge in [-0.15, -0.1) is 8.78 Å². The van der Waals surface area contributed by atoms with Gasteiger partial charge in [-0.3, -0.25) is 18.8 Å². The van der Waals surface area contributed by atoms with E-state index in [9.17, 15) is 18.4 Å². The van der Waals surface area contributed by atoms with Gasteiger partial charge < -0.3 is 10.1 Å². The smallest absolute Gasteiger partial charge is 0.420 e. The molecule has 3 aromatic rings. The molecule has 0 atom stereocenters. The van der Waals surface area contributed by atoms with Crippen molar-refractivity contribution < 1.29 is 18.3 Å². The van der Waals surface area contributed by atoms with E-state index < -0.39 is 11.5 Å². The number of pyridine rings is 1. The third-order valence-electron chi connectivity index (χ3n) is 4.05. The maximum Gasteiger partial charge on any atom is 0.487 e. The third kappa shape index (κ3) is 5.24. The van der Waals surface area contributed by atoms with Crippen molar-refractivity contribution in [3.05, 3.63) is 70.9 Å². The molecule has 0 aliphatic heterocycles. The highest BCUT2D eigenvalue weighted by atomic mass is 35.5. The second-order valence-electron chi connectivity index (χ2n) is 7.47. The lowest BCUT2D eigenvalue weighted by Gasteiger charge is -2.18. The zero-order valence-corrected chi connectivity index (χ0v) is 17.2. The Balaban J connectivity index is 1.80. The lowest BCUT2D eigenvalue weighted by Crippen LogP contribution is -2.23. The first kappa shape index (κ1) is 21.5. The Hall–Kier alpha value is -3.20. The van der Waals surface area contributed by atoms with Gasteiger partial charge in [0.1, 0.15) is 5.75 Å². The summed E-state index contributed by atoms with van der Waals surface area (Å²) in [6.07, 6.45) is 4.67. The van der Waals surface area contributed by atoms with Crippen LogP contribution in [0, 0.1) is 0 Å². The maximum atomic E-state index is 12.7. The fourth-order valence-corrected chi connectivity index (χ4v) is 2.66. The summed E-state index contributed by atoms with van der Waals surface area (Å²) in [5.41, 5.74) is -3.30. The summed E-state index contributed by atoms with van der Waals surface area (Å²) >= 11 is 4.72. The van der Waals surface area contributed by atoms with Gasteiger partial charge in [0.2, 0.25) is 0 Å². The van der Waals surface area contributed by atoms with Gasteiger partial charge in [0.15, 0.2) is 0 Å². The molecule has 1 amide bonds. The number of hydrogen-bond donors (Lipinski definition) is 1. The van der Waals surface area contributed by atoms with Crippen LogP contribution in [0.4, 0.5) is 14.5 Å². The number of alkyl halides is 3. The predicted molar refractivity (Wildman–Crippen MR) is 109 cm³/mol. The van der Waals surface area contributed by atoms with E-state index in [1.807, 2.05) is 20.8 Å². The Bertz CT molecular complexity index is 1110. The summed E-state index contributed by atoms with van der Waals surface area (Å²) < 4.78 is 32.6. The normalized spacial score (nSPS) is 11.9. The van der Waals surface area contributed by atoms with Crippen molar-refractivity contribution in [1.82, 2.24) is 14.3 Å². The highest BCUT2D eigenvalue weighted by Crippen LogP contribution is 2.26. The molecule has 0 saturated heterocycles. The number of benzene rings is 1. The second-order valence-corrected chi connectivity index (χ2v) is 7.91. The molecule has 1 N–H and O–H groups in total. The van der Waals surface area contributed by atoms with Gasteiger partial charge in [0, 0.05) is 35.7 Å². The minimum Gasteiger partial charge on any atom is -0.420 e. The Morgan fingerprint density at radius 2 is 1.77 bits per heavy atom. The third-order valence-corrected chi connectivity index (χ3v) is 4.13. The number of carbonyl (C=O) groups excluding carboxylic acids is 1. The fraction of sp³-hybridized carbons (Fsp3) is 0.250. The molecule has 2 aromatic heterocycles. The number of amides is 1. The van der Waals surface area contributed by atoms with Gasteiger partial charge in [0.05, 0.1) is 23.0 Å². The zero-order chi connectivity index (χ0) is 22.1. The van der Waals surface area contributed by atoms with E-state index in [4.69, 9.17) is 11.6 Å². The van der Waals surface area contributed by atoms with Crippen LogP contribution in [0.3, 0.4) is 0 Å². The molecule has 0 spiro atoms. The molecule has 0 aliphatic carbocycles. The fourth-order valence-electron chi connectivity index (χ4n) is 2.57. The van der Waals surface area contributed by atoms with Crippen LogP contribution in [0.25, 0.3) is 5.69 Å². The van der Waals surface area contributed by atoms with Crippen molar-refractivity contribution in [3.8, 4) is 11.4 Å². The summed E-state index contributed by atoms with van der Waals surface area (Å²) in [6, 6.07) is 7.94. The molecule has 1 aromatic carbocycles. The molecular formula is C20H19ClF2N4O3. The van der Waals surface area contributed by atoms with Gasteiger partial charge in [-0.25, -0.2) is 0 Å². The van der Waals surface area contributed by atoms with Crippen LogP contribution in [0.1, 0.15) is 31.1 Å². The number of carbonyl (C=O) groups is 1. The van der Waals surface area contributed by atoms with E-state index in [0.29, 0.717) is 11.4 Å². The molecule has 2 heterocycles. The first-order valence-corrected chi connectivity index (χ1v) is 9.25. The van der Waals surface area contributed by atoms with Gasteiger partial charge in [-0.05, 0) is 51.1 Å². The van der Waals surface area contributed by atoms with Crippen molar-refractivity contribution in [3.63, 3.8) is 0 Å². The van der Waals surface area contributed by atoms with Crippen molar-refractivity contribution in [2.75, 3.05) is 5.32 Å². The second kappa shape index (κ2) is 7.91. The minimum absolute atomic E-state index is 0.155. The number of hydrogen-bond acceptors (Lipinski definition) is 4. The van der Waals surface area contributed by atoms with Crippen molar-refractivity contribution >= 4 is 23.2 Å². The largest absolute Gasteiger partial charge is 0.487 e. The summed E-state index contributed by atoms with van der Waals surface area (Å²) in [4.78, 5) is 24.8. The van der Waals surface area contributed by atoms with Crippen molar-refractivity contribution in [2.45, 2.75) is 31.9 Å². The summed E-state index contributed by atoms with van der Waals surface area (Å²) in [7, 11) is 0. The van der Waals surface area contributed by atoms with E-state index >= 15 is 0 Å². The van der Waals surface area contributed by atoms with Crippen LogP contribution in [0.15, 0.2) is 59.8 Å².